The number of nitrogens with zero attached hydrogens (tertiary/aromatic N) is 3. The number of benzene rings is 8. The van der Waals surface area contributed by atoms with E-state index >= 15 is 0 Å². The zero-order valence-corrected chi connectivity index (χ0v) is 31.8. The highest BCUT2D eigenvalue weighted by molar-refractivity contribution is 6.11. The fourth-order valence-corrected chi connectivity index (χ4v) is 8.77. The average molecular weight is 740 g/mol. The maximum atomic E-state index is 5.30. The number of allylic oxidation sites excluding steroid dienone is 1. The molecule has 0 unspecified atom stereocenters. The molecular formula is C55H37N3. The van der Waals surface area contributed by atoms with E-state index < -0.39 is 0 Å². The van der Waals surface area contributed by atoms with Crippen molar-refractivity contribution in [2.45, 2.75) is 12.8 Å². The molecule has 10 aromatic rings. The van der Waals surface area contributed by atoms with Gasteiger partial charge in [-0.2, -0.15) is 0 Å². The number of hydrogen-bond donors (Lipinski definition) is 0. The van der Waals surface area contributed by atoms with Gasteiger partial charge in [0.05, 0.1) is 11.4 Å². The Morgan fingerprint density at radius 3 is 1.72 bits per heavy atom. The van der Waals surface area contributed by atoms with E-state index in [1.807, 2.05) is 12.3 Å². The third-order valence-electron chi connectivity index (χ3n) is 11.6. The first-order valence-corrected chi connectivity index (χ1v) is 20.0. The van der Waals surface area contributed by atoms with Crippen LogP contribution in [0.3, 0.4) is 0 Å². The predicted octanol–water partition coefficient (Wildman–Crippen LogP) is 14.3. The van der Waals surface area contributed by atoms with Crippen LogP contribution in [-0.4, -0.2) is 15.0 Å². The normalized spacial score (nSPS) is 12.3. The third-order valence-corrected chi connectivity index (χ3v) is 11.6. The SMILES string of the molecule is C1=Cc2c(c(-c3ccc4ccccc4c3)c3ccccc3c2-c2cccc(-c3nc(-c4ccc(-c5cccnc5)cc4)cc(-c4ccc5ccccc5c4)n3)c2)CC1. The highest BCUT2D eigenvalue weighted by atomic mass is 14.9. The van der Waals surface area contributed by atoms with Gasteiger partial charge in [-0.1, -0.05) is 158 Å². The van der Waals surface area contributed by atoms with Crippen molar-refractivity contribution < 1.29 is 0 Å². The van der Waals surface area contributed by atoms with E-state index in [-0.39, 0.29) is 0 Å². The highest BCUT2D eigenvalue weighted by Gasteiger charge is 2.22. The second-order valence-electron chi connectivity index (χ2n) is 15.1. The van der Waals surface area contributed by atoms with Crippen molar-refractivity contribution in [2.75, 3.05) is 0 Å². The molecular weight excluding hydrogens is 703 g/mol. The predicted molar refractivity (Wildman–Crippen MR) is 242 cm³/mol. The molecule has 272 valence electrons. The molecule has 8 aromatic carbocycles. The Labute approximate surface area is 337 Å². The van der Waals surface area contributed by atoms with Crippen molar-refractivity contribution >= 4 is 38.4 Å². The fourth-order valence-electron chi connectivity index (χ4n) is 8.77. The van der Waals surface area contributed by atoms with Gasteiger partial charge in [0.25, 0.3) is 0 Å². The van der Waals surface area contributed by atoms with Crippen molar-refractivity contribution in [3.05, 3.63) is 206 Å². The standard InChI is InChI=1S/C55H37N3/c1-3-13-40-31-42(28-24-36(40)11-1)52-34-51(39-26-22-38(23-27-39)46-17-10-30-56-35-46)57-55(58-52)45-16-9-15-43(33-45)53-47-18-5-7-20-49(47)54(50-21-8-6-19-48(50)53)44-29-25-37-12-2-4-14-41(37)32-44/h1-7,9-20,22-35H,8,21H2. The molecule has 0 saturated carbocycles. The minimum absolute atomic E-state index is 0.695. The summed E-state index contributed by atoms with van der Waals surface area (Å²) in [6.07, 6.45) is 10.4. The van der Waals surface area contributed by atoms with Gasteiger partial charge in [-0.15, -0.1) is 0 Å². The van der Waals surface area contributed by atoms with Crippen LogP contribution in [0.5, 0.6) is 0 Å². The van der Waals surface area contributed by atoms with Crippen molar-refractivity contribution in [2.24, 2.45) is 0 Å². The van der Waals surface area contributed by atoms with Gasteiger partial charge in [-0.3, -0.25) is 4.98 Å². The summed E-state index contributed by atoms with van der Waals surface area (Å²) in [4.78, 5) is 14.9. The number of rotatable bonds is 6. The number of fused-ring (bicyclic) bond motifs is 4. The molecule has 0 fully saturated rings. The topological polar surface area (TPSA) is 38.7 Å². The van der Waals surface area contributed by atoms with Crippen molar-refractivity contribution in [1.82, 2.24) is 15.0 Å². The molecule has 0 amide bonds. The number of aromatic nitrogens is 3. The van der Waals surface area contributed by atoms with Gasteiger partial charge in [-0.05, 0) is 120 Å². The molecule has 3 heteroatoms. The van der Waals surface area contributed by atoms with Gasteiger partial charge in [0.2, 0.25) is 0 Å². The third kappa shape index (κ3) is 6.05. The van der Waals surface area contributed by atoms with Crippen molar-refractivity contribution in [3.63, 3.8) is 0 Å². The van der Waals surface area contributed by atoms with Crippen molar-refractivity contribution in [1.29, 1.82) is 0 Å². The molecule has 58 heavy (non-hydrogen) atoms. The van der Waals surface area contributed by atoms with Crippen LogP contribution in [0.4, 0.5) is 0 Å². The maximum Gasteiger partial charge on any atom is 0.160 e. The molecule has 3 nitrogen and oxygen atoms in total. The first-order chi connectivity index (χ1) is 28.7. The van der Waals surface area contributed by atoms with Crippen molar-refractivity contribution in [3.8, 4) is 67.3 Å². The number of hydrogen-bond acceptors (Lipinski definition) is 3. The van der Waals surface area contributed by atoms with Gasteiger partial charge in [0.15, 0.2) is 5.82 Å². The Morgan fingerprint density at radius 1 is 0.397 bits per heavy atom. The summed E-state index contributed by atoms with van der Waals surface area (Å²) >= 11 is 0. The molecule has 0 bridgehead atoms. The summed E-state index contributed by atoms with van der Waals surface area (Å²) < 4.78 is 0. The minimum atomic E-state index is 0.695. The fraction of sp³-hybridized carbons (Fsp3) is 0.0364. The Balaban J connectivity index is 1.08. The van der Waals surface area contributed by atoms with Gasteiger partial charge < -0.3 is 0 Å². The lowest BCUT2D eigenvalue weighted by atomic mass is 9.80. The Hall–Kier alpha value is -7.49. The zero-order valence-electron chi connectivity index (χ0n) is 31.8. The molecule has 0 radical (unpaired) electrons. The van der Waals surface area contributed by atoms with E-state index in [0.717, 1.165) is 57.6 Å². The summed E-state index contributed by atoms with van der Waals surface area (Å²) in [7, 11) is 0. The van der Waals surface area contributed by atoms with Crippen LogP contribution < -0.4 is 0 Å². The monoisotopic (exact) mass is 739 g/mol. The highest BCUT2D eigenvalue weighted by Crippen LogP contribution is 2.45. The lowest BCUT2D eigenvalue weighted by Crippen LogP contribution is -2.03. The molecule has 0 spiro atoms. The van der Waals surface area contributed by atoms with Gasteiger partial charge in [0.1, 0.15) is 0 Å². The largest absolute Gasteiger partial charge is 0.264 e. The minimum Gasteiger partial charge on any atom is -0.264 e. The van der Waals surface area contributed by atoms with Crippen LogP contribution in [-0.2, 0) is 6.42 Å². The summed E-state index contributed by atoms with van der Waals surface area (Å²) in [6, 6.07) is 63.2. The first kappa shape index (κ1) is 33.8. The summed E-state index contributed by atoms with van der Waals surface area (Å²) in [5.74, 6) is 0.695. The van der Waals surface area contributed by atoms with E-state index in [4.69, 9.17) is 9.97 Å². The molecule has 1 aliphatic rings. The summed E-state index contributed by atoms with van der Waals surface area (Å²) in [6.45, 7) is 0. The number of pyridine rings is 1. The Morgan fingerprint density at radius 2 is 0.983 bits per heavy atom. The molecule has 0 atom stereocenters. The van der Waals surface area contributed by atoms with E-state index in [9.17, 15) is 0 Å². The second kappa shape index (κ2) is 14.2. The molecule has 1 aliphatic carbocycles. The molecule has 0 saturated heterocycles. The quantitative estimate of drug-likeness (QED) is 0.170. The van der Waals surface area contributed by atoms with Gasteiger partial charge in [0, 0.05) is 29.1 Å². The summed E-state index contributed by atoms with van der Waals surface area (Å²) in [5, 5.41) is 7.43. The van der Waals surface area contributed by atoms with Gasteiger partial charge in [-0.25, -0.2) is 9.97 Å². The van der Waals surface area contributed by atoms with E-state index in [2.05, 4.69) is 187 Å². The van der Waals surface area contributed by atoms with Crippen LogP contribution >= 0.6 is 0 Å². The molecule has 2 heterocycles. The first-order valence-electron chi connectivity index (χ1n) is 20.0. The lowest BCUT2D eigenvalue weighted by Gasteiger charge is -2.24. The van der Waals surface area contributed by atoms with E-state index in [0.29, 0.717) is 5.82 Å². The summed E-state index contributed by atoms with van der Waals surface area (Å²) in [5.41, 5.74) is 14.7. The smallest absolute Gasteiger partial charge is 0.160 e. The average Bonchev–Trinajstić information content (AvgIpc) is 3.30. The van der Waals surface area contributed by atoms with Crippen LogP contribution in [0.2, 0.25) is 0 Å². The molecule has 11 rings (SSSR count). The molecule has 0 aliphatic heterocycles. The van der Waals surface area contributed by atoms with Crippen LogP contribution in [0.15, 0.2) is 194 Å². The van der Waals surface area contributed by atoms with Crippen LogP contribution in [0, 0.1) is 0 Å². The van der Waals surface area contributed by atoms with Gasteiger partial charge >= 0.3 is 0 Å². The maximum absolute atomic E-state index is 5.30. The lowest BCUT2D eigenvalue weighted by molar-refractivity contribution is 0.991. The second-order valence-corrected chi connectivity index (χ2v) is 15.1. The molecule has 0 N–H and O–H groups in total. The van der Waals surface area contributed by atoms with Crippen LogP contribution in [0.25, 0.3) is 106 Å². The molecule has 2 aromatic heterocycles. The Bertz CT molecular complexity index is 3220. The zero-order chi connectivity index (χ0) is 38.4. The Kier molecular flexibility index (Phi) is 8.29. The van der Waals surface area contributed by atoms with E-state index in [1.165, 1.54) is 60.1 Å². The van der Waals surface area contributed by atoms with E-state index in [1.54, 1.807) is 6.20 Å². The van der Waals surface area contributed by atoms with Crippen LogP contribution in [0.1, 0.15) is 17.5 Å².